The Hall–Kier alpha value is -1.82. The molecule has 4 rings (SSSR count). The summed E-state index contributed by atoms with van der Waals surface area (Å²) in [5, 5.41) is -0.0304. The predicted molar refractivity (Wildman–Crippen MR) is 104 cm³/mol. The molecule has 7 heteroatoms. The van der Waals surface area contributed by atoms with E-state index in [1.54, 1.807) is 6.92 Å². The molecule has 1 aromatic rings. The van der Waals surface area contributed by atoms with Gasteiger partial charge in [0, 0.05) is 37.0 Å². The van der Waals surface area contributed by atoms with Crippen molar-refractivity contribution >= 4 is 23.4 Å². The summed E-state index contributed by atoms with van der Waals surface area (Å²) in [6.45, 7) is 4.32. The maximum absolute atomic E-state index is 13.3. The van der Waals surface area contributed by atoms with E-state index in [9.17, 15) is 14.0 Å². The fourth-order valence-electron chi connectivity index (χ4n) is 5.71. The number of amides is 2. The highest BCUT2D eigenvalue weighted by molar-refractivity contribution is 6.30. The van der Waals surface area contributed by atoms with Crippen LogP contribution < -0.4 is 4.74 Å². The lowest BCUT2D eigenvalue weighted by Gasteiger charge is -2.46. The standard InChI is InChI=1S/C21H26ClFN2O3/c1-13(26)25-14-10-21(2)18(5-3-4-6-19(21)25)24(11-14)20(27)12-28-15-7-8-17(23)16(22)9-15/h7-9,14,18-19H,3-6,10-12H2,1-2H3/t14-,18+,19-,21+/m0/s1. The van der Waals surface area contributed by atoms with Crippen molar-refractivity contribution in [3.63, 3.8) is 0 Å². The maximum Gasteiger partial charge on any atom is 0.260 e. The SMILES string of the molecule is CC(=O)N1[C@@H]2CN(C(=O)COc3ccc(F)c(Cl)c3)[C@@H]3CCCC[C@H]1[C@]3(C)C2. The topological polar surface area (TPSA) is 49.9 Å². The van der Waals surface area contributed by atoms with Crippen LogP contribution in [0.1, 0.15) is 46.0 Å². The zero-order valence-electron chi connectivity index (χ0n) is 16.3. The van der Waals surface area contributed by atoms with Gasteiger partial charge < -0.3 is 14.5 Å². The minimum atomic E-state index is -0.519. The monoisotopic (exact) mass is 408 g/mol. The molecule has 3 aliphatic rings. The number of nitrogens with zero attached hydrogens (tertiary/aromatic N) is 2. The first-order chi connectivity index (χ1) is 13.3. The molecule has 1 aliphatic carbocycles. The number of fused-ring (bicyclic) bond motifs is 1. The number of halogens is 2. The molecule has 28 heavy (non-hydrogen) atoms. The van der Waals surface area contributed by atoms with E-state index >= 15 is 0 Å². The number of piperidine rings is 1. The van der Waals surface area contributed by atoms with Crippen LogP contribution in [0.5, 0.6) is 5.75 Å². The third kappa shape index (κ3) is 3.15. The van der Waals surface area contributed by atoms with Gasteiger partial charge in [0.05, 0.1) is 11.1 Å². The van der Waals surface area contributed by atoms with Crippen LogP contribution in [0.4, 0.5) is 4.39 Å². The summed E-state index contributed by atoms with van der Waals surface area (Å²) < 4.78 is 18.9. The van der Waals surface area contributed by atoms with E-state index < -0.39 is 5.82 Å². The fourth-order valence-corrected chi connectivity index (χ4v) is 5.88. The Balaban J connectivity index is 1.53. The van der Waals surface area contributed by atoms with E-state index in [4.69, 9.17) is 16.3 Å². The van der Waals surface area contributed by atoms with Gasteiger partial charge in [-0.2, -0.15) is 0 Å². The van der Waals surface area contributed by atoms with Crippen molar-refractivity contribution in [2.75, 3.05) is 13.2 Å². The van der Waals surface area contributed by atoms with Crippen LogP contribution in [0.3, 0.4) is 0 Å². The van der Waals surface area contributed by atoms with Crippen LogP contribution in [-0.2, 0) is 9.59 Å². The van der Waals surface area contributed by atoms with Crippen molar-refractivity contribution in [2.24, 2.45) is 5.41 Å². The molecule has 3 fully saturated rings. The maximum atomic E-state index is 13.3. The highest BCUT2D eigenvalue weighted by Gasteiger charge is 2.60. The van der Waals surface area contributed by atoms with Crippen LogP contribution >= 0.6 is 11.6 Å². The van der Waals surface area contributed by atoms with Gasteiger partial charge in [-0.05, 0) is 31.4 Å². The molecular weight excluding hydrogens is 383 g/mol. The minimum absolute atomic E-state index is 0.0304. The van der Waals surface area contributed by atoms with Crippen molar-refractivity contribution in [1.82, 2.24) is 9.80 Å². The summed E-state index contributed by atoms with van der Waals surface area (Å²) in [5.41, 5.74) is -0.0695. The van der Waals surface area contributed by atoms with Crippen LogP contribution in [-0.4, -0.2) is 52.9 Å². The molecule has 1 saturated carbocycles. The fraction of sp³-hybridized carbons (Fsp3) is 0.619. The van der Waals surface area contributed by atoms with E-state index in [0.717, 1.165) is 32.1 Å². The predicted octanol–water partition coefficient (Wildman–Crippen LogP) is 3.64. The van der Waals surface area contributed by atoms with Gasteiger partial charge in [-0.25, -0.2) is 4.39 Å². The van der Waals surface area contributed by atoms with Crippen molar-refractivity contribution in [2.45, 2.75) is 64.1 Å². The molecule has 2 heterocycles. The molecule has 4 atom stereocenters. The van der Waals surface area contributed by atoms with Gasteiger partial charge in [0.15, 0.2) is 6.61 Å². The van der Waals surface area contributed by atoms with E-state index in [-0.39, 0.29) is 47.0 Å². The van der Waals surface area contributed by atoms with Crippen molar-refractivity contribution in [1.29, 1.82) is 0 Å². The van der Waals surface area contributed by atoms with Gasteiger partial charge in [0.25, 0.3) is 5.91 Å². The highest BCUT2D eigenvalue weighted by atomic mass is 35.5. The van der Waals surface area contributed by atoms with Crippen LogP contribution in [0, 0.1) is 11.2 Å². The van der Waals surface area contributed by atoms with Crippen molar-refractivity contribution in [3.8, 4) is 5.75 Å². The molecule has 2 saturated heterocycles. The molecule has 2 aliphatic heterocycles. The first-order valence-electron chi connectivity index (χ1n) is 9.97. The van der Waals surface area contributed by atoms with Crippen molar-refractivity contribution < 1.29 is 18.7 Å². The third-order valence-electron chi connectivity index (χ3n) is 6.85. The second-order valence-corrected chi connectivity index (χ2v) is 8.92. The molecule has 1 aromatic carbocycles. The summed E-state index contributed by atoms with van der Waals surface area (Å²) in [7, 11) is 0. The molecule has 5 nitrogen and oxygen atoms in total. The lowest BCUT2D eigenvalue weighted by Crippen LogP contribution is -2.56. The normalized spacial score (nSPS) is 31.5. The average molecular weight is 409 g/mol. The van der Waals surface area contributed by atoms with Crippen LogP contribution in [0.15, 0.2) is 18.2 Å². The molecule has 2 bridgehead atoms. The van der Waals surface area contributed by atoms with Crippen molar-refractivity contribution in [3.05, 3.63) is 29.0 Å². The number of hydrogen-bond acceptors (Lipinski definition) is 3. The Morgan fingerprint density at radius 3 is 2.68 bits per heavy atom. The summed E-state index contributed by atoms with van der Waals surface area (Å²) in [6.07, 6.45) is 5.07. The van der Waals surface area contributed by atoms with Gasteiger partial charge in [-0.1, -0.05) is 31.4 Å². The van der Waals surface area contributed by atoms with Gasteiger partial charge >= 0.3 is 0 Å². The number of ether oxygens (including phenoxy) is 1. The number of carbonyl (C=O) groups excluding carboxylic acids is 2. The molecule has 2 amide bonds. The molecule has 0 spiro atoms. The molecular formula is C21H26ClFN2O3. The average Bonchev–Trinajstić information content (AvgIpc) is 2.76. The number of likely N-dealkylation sites (tertiary alicyclic amines) is 2. The highest BCUT2D eigenvalue weighted by Crippen LogP contribution is 2.53. The number of carbonyl (C=O) groups is 2. The zero-order chi connectivity index (χ0) is 20.1. The molecule has 0 radical (unpaired) electrons. The Labute approximate surface area is 169 Å². The third-order valence-corrected chi connectivity index (χ3v) is 7.14. The Kier molecular flexibility index (Phi) is 5.02. The molecule has 152 valence electrons. The summed E-state index contributed by atoms with van der Waals surface area (Å²) in [5.74, 6) is -0.136. The first kappa shape index (κ1) is 19.5. The number of benzene rings is 1. The largest absolute Gasteiger partial charge is 0.484 e. The molecule has 0 aromatic heterocycles. The Morgan fingerprint density at radius 1 is 1.29 bits per heavy atom. The Bertz CT molecular complexity index is 804. The Morgan fingerprint density at radius 2 is 2.00 bits per heavy atom. The lowest BCUT2D eigenvalue weighted by atomic mass is 9.71. The van der Waals surface area contributed by atoms with Crippen LogP contribution in [0.25, 0.3) is 0 Å². The van der Waals surface area contributed by atoms with Crippen LogP contribution in [0.2, 0.25) is 5.02 Å². The van der Waals surface area contributed by atoms with Gasteiger partial charge in [-0.3, -0.25) is 9.59 Å². The lowest BCUT2D eigenvalue weighted by molar-refractivity contribution is -0.141. The van der Waals surface area contributed by atoms with Gasteiger partial charge in [0.2, 0.25) is 5.91 Å². The molecule has 0 unspecified atom stereocenters. The summed E-state index contributed by atoms with van der Waals surface area (Å²) >= 11 is 5.79. The minimum Gasteiger partial charge on any atom is -0.484 e. The molecule has 0 N–H and O–H groups in total. The zero-order valence-corrected chi connectivity index (χ0v) is 17.0. The van der Waals surface area contributed by atoms with E-state index in [2.05, 4.69) is 6.92 Å². The first-order valence-corrected chi connectivity index (χ1v) is 10.4. The van der Waals surface area contributed by atoms with Gasteiger partial charge in [0.1, 0.15) is 11.6 Å². The summed E-state index contributed by atoms with van der Waals surface area (Å²) in [6, 6.07) is 4.47. The smallest absolute Gasteiger partial charge is 0.260 e. The number of rotatable bonds is 3. The van der Waals surface area contributed by atoms with E-state index in [0.29, 0.717) is 12.3 Å². The second kappa shape index (κ2) is 7.21. The second-order valence-electron chi connectivity index (χ2n) is 8.52. The quantitative estimate of drug-likeness (QED) is 0.767. The van der Waals surface area contributed by atoms with E-state index in [1.807, 2.05) is 9.80 Å². The van der Waals surface area contributed by atoms with E-state index in [1.165, 1.54) is 18.2 Å². The number of hydrogen-bond donors (Lipinski definition) is 0. The van der Waals surface area contributed by atoms with Gasteiger partial charge in [-0.15, -0.1) is 0 Å². The summed E-state index contributed by atoms with van der Waals surface area (Å²) in [4.78, 5) is 29.4.